The normalized spacial score (nSPS) is 12.1. The zero-order chi connectivity index (χ0) is 12.8. The fraction of sp³-hybridized carbons (Fsp3) is 0.636. The Labute approximate surface area is 95.5 Å². The number of carbonyl (C=O) groups is 2. The first-order chi connectivity index (χ1) is 7.20. The van der Waals surface area contributed by atoms with Crippen molar-refractivity contribution < 1.29 is 19.4 Å². The fourth-order valence-corrected chi connectivity index (χ4v) is 0.866. The molecule has 0 unspecified atom stereocenters. The number of amides is 1. The highest BCUT2D eigenvalue weighted by Gasteiger charge is 2.14. The summed E-state index contributed by atoms with van der Waals surface area (Å²) < 4.78 is 5.00. The van der Waals surface area contributed by atoms with Crippen molar-refractivity contribution in [1.29, 1.82) is 0 Å². The maximum absolute atomic E-state index is 11.2. The molecule has 0 aromatic heterocycles. The van der Waals surface area contributed by atoms with E-state index in [0.717, 1.165) is 5.57 Å². The van der Waals surface area contributed by atoms with Gasteiger partial charge in [-0.15, -0.1) is 0 Å². The van der Waals surface area contributed by atoms with Gasteiger partial charge in [0.2, 0.25) is 0 Å². The molecule has 0 bridgehead atoms. The maximum atomic E-state index is 11.2. The number of carboxylic acid groups (broad SMARTS) is 1. The van der Waals surface area contributed by atoms with Gasteiger partial charge in [0, 0.05) is 12.6 Å². The van der Waals surface area contributed by atoms with Gasteiger partial charge in [-0.2, -0.15) is 0 Å². The molecule has 0 aromatic carbocycles. The van der Waals surface area contributed by atoms with E-state index in [4.69, 9.17) is 9.84 Å². The van der Waals surface area contributed by atoms with Crippen LogP contribution in [-0.4, -0.2) is 22.8 Å². The average molecular weight is 229 g/mol. The zero-order valence-corrected chi connectivity index (χ0v) is 10.2. The predicted octanol–water partition coefficient (Wildman–Crippen LogP) is 2.28. The molecule has 1 amide bonds. The lowest BCUT2D eigenvalue weighted by molar-refractivity contribution is -0.136. The van der Waals surface area contributed by atoms with Crippen LogP contribution < -0.4 is 5.32 Å². The minimum Gasteiger partial charge on any atom is -0.481 e. The molecule has 0 aliphatic heterocycles. The Kier molecular flexibility index (Phi) is 5.56. The van der Waals surface area contributed by atoms with E-state index < -0.39 is 17.7 Å². The van der Waals surface area contributed by atoms with Crippen LogP contribution in [0.15, 0.2) is 11.8 Å². The third-order valence-corrected chi connectivity index (χ3v) is 1.57. The Hall–Kier alpha value is -1.52. The van der Waals surface area contributed by atoms with Gasteiger partial charge in [0.1, 0.15) is 5.60 Å². The quantitative estimate of drug-likeness (QED) is 0.775. The number of alkyl carbamates (subject to hydrolysis) is 1. The van der Waals surface area contributed by atoms with Crippen LogP contribution in [0.2, 0.25) is 0 Å². The van der Waals surface area contributed by atoms with Crippen LogP contribution in [0.5, 0.6) is 0 Å². The molecule has 0 aliphatic rings. The van der Waals surface area contributed by atoms with Crippen molar-refractivity contribution in [1.82, 2.24) is 5.32 Å². The number of carboxylic acids is 1. The van der Waals surface area contributed by atoms with Crippen molar-refractivity contribution >= 4 is 12.1 Å². The van der Waals surface area contributed by atoms with Gasteiger partial charge in [-0.25, -0.2) is 4.79 Å². The summed E-state index contributed by atoms with van der Waals surface area (Å²) in [5.74, 6) is -0.856. The molecular formula is C11H19NO4. The van der Waals surface area contributed by atoms with Gasteiger partial charge >= 0.3 is 12.1 Å². The van der Waals surface area contributed by atoms with E-state index in [1.54, 1.807) is 27.7 Å². The summed E-state index contributed by atoms with van der Waals surface area (Å²) >= 11 is 0. The second-order valence-corrected chi connectivity index (χ2v) is 4.53. The standard InChI is InChI=1S/C11H19NO4/c1-8(5-6-9(13)14)7-12-10(15)16-11(2,3)4/h7H,5-6H2,1-4H3,(H,12,15)(H,13,14). The first-order valence-corrected chi connectivity index (χ1v) is 5.07. The monoisotopic (exact) mass is 229 g/mol. The first-order valence-electron chi connectivity index (χ1n) is 5.07. The molecule has 0 saturated heterocycles. The van der Waals surface area contributed by atoms with Crippen LogP contribution in [0, 0.1) is 0 Å². The van der Waals surface area contributed by atoms with E-state index in [2.05, 4.69) is 5.32 Å². The Bertz CT molecular complexity index is 289. The molecule has 5 nitrogen and oxygen atoms in total. The third kappa shape index (κ3) is 9.05. The highest BCUT2D eigenvalue weighted by atomic mass is 16.6. The summed E-state index contributed by atoms with van der Waals surface area (Å²) in [6.45, 7) is 7.06. The number of hydrogen-bond acceptors (Lipinski definition) is 3. The second-order valence-electron chi connectivity index (χ2n) is 4.53. The lowest BCUT2D eigenvalue weighted by Gasteiger charge is -2.18. The first kappa shape index (κ1) is 14.5. The molecule has 0 aliphatic carbocycles. The maximum Gasteiger partial charge on any atom is 0.411 e. The number of carbonyl (C=O) groups excluding carboxylic acids is 1. The van der Waals surface area contributed by atoms with E-state index in [-0.39, 0.29) is 6.42 Å². The smallest absolute Gasteiger partial charge is 0.411 e. The molecular weight excluding hydrogens is 210 g/mol. The topological polar surface area (TPSA) is 75.6 Å². The molecule has 0 fully saturated rings. The predicted molar refractivity (Wildman–Crippen MR) is 60.0 cm³/mol. The molecule has 92 valence electrons. The van der Waals surface area contributed by atoms with Crippen molar-refractivity contribution in [3.05, 3.63) is 11.8 Å². The van der Waals surface area contributed by atoms with Crippen LogP contribution in [0.25, 0.3) is 0 Å². The largest absolute Gasteiger partial charge is 0.481 e. The van der Waals surface area contributed by atoms with E-state index in [9.17, 15) is 9.59 Å². The lowest BCUT2D eigenvalue weighted by atomic mass is 10.2. The second kappa shape index (κ2) is 6.15. The molecule has 0 radical (unpaired) electrons. The number of rotatable bonds is 4. The van der Waals surface area contributed by atoms with E-state index in [1.165, 1.54) is 6.20 Å². The molecule has 0 atom stereocenters. The van der Waals surface area contributed by atoms with Gasteiger partial charge in [0.25, 0.3) is 0 Å². The van der Waals surface area contributed by atoms with Crippen molar-refractivity contribution in [3.63, 3.8) is 0 Å². The molecule has 2 N–H and O–H groups in total. The van der Waals surface area contributed by atoms with Crippen molar-refractivity contribution in [3.8, 4) is 0 Å². The van der Waals surface area contributed by atoms with E-state index in [0.29, 0.717) is 6.42 Å². The van der Waals surface area contributed by atoms with Crippen LogP contribution in [0.1, 0.15) is 40.5 Å². The number of ether oxygens (including phenoxy) is 1. The summed E-state index contributed by atoms with van der Waals surface area (Å²) in [6, 6.07) is 0. The van der Waals surface area contributed by atoms with E-state index in [1.807, 2.05) is 0 Å². The molecule has 16 heavy (non-hydrogen) atoms. The minimum atomic E-state index is -0.856. The lowest BCUT2D eigenvalue weighted by Crippen LogP contribution is -2.29. The number of allylic oxidation sites excluding steroid dienone is 1. The Balaban J connectivity index is 3.97. The van der Waals surface area contributed by atoms with Gasteiger partial charge in [0.15, 0.2) is 0 Å². The Morgan fingerprint density at radius 3 is 2.31 bits per heavy atom. The van der Waals surface area contributed by atoms with Gasteiger partial charge in [-0.05, 0) is 34.1 Å². The number of hydrogen-bond donors (Lipinski definition) is 2. The third-order valence-electron chi connectivity index (χ3n) is 1.57. The minimum absolute atomic E-state index is 0.0539. The van der Waals surface area contributed by atoms with Gasteiger partial charge in [-0.1, -0.05) is 5.57 Å². The molecule has 0 spiro atoms. The van der Waals surface area contributed by atoms with Crippen LogP contribution in [-0.2, 0) is 9.53 Å². The van der Waals surface area contributed by atoms with Crippen LogP contribution in [0.4, 0.5) is 4.79 Å². The number of nitrogens with one attached hydrogen (secondary N) is 1. The summed E-state index contributed by atoms with van der Waals surface area (Å²) in [7, 11) is 0. The van der Waals surface area contributed by atoms with Crippen LogP contribution >= 0.6 is 0 Å². The SMILES string of the molecule is CC(=CNC(=O)OC(C)(C)C)CCC(=O)O. The van der Waals surface area contributed by atoms with Gasteiger partial charge < -0.3 is 9.84 Å². The summed E-state index contributed by atoms with van der Waals surface area (Å²) in [6.07, 6.45) is 1.39. The molecule has 0 rings (SSSR count). The molecule has 0 saturated carbocycles. The van der Waals surface area contributed by atoms with Gasteiger partial charge in [-0.3, -0.25) is 10.1 Å². The summed E-state index contributed by atoms with van der Waals surface area (Å²) in [4.78, 5) is 21.5. The number of aliphatic carboxylic acids is 1. The van der Waals surface area contributed by atoms with E-state index >= 15 is 0 Å². The van der Waals surface area contributed by atoms with Crippen molar-refractivity contribution in [2.45, 2.75) is 46.1 Å². The van der Waals surface area contributed by atoms with Crippen molar-refractivity contribution in [2.24, 2.45) is 0 Å². The Morgan fingerprint density at radius 2 is 1.88 bits per heavy atom. The highest BCUT2D eigenvalue weighted by molar-refractivity contribution is 5.69. The highest BCUT2D eigenvalue weighted by Crippen LogP contribution is 2.07. The molecule has 0 aromatic rings. The van der Waals surface area contributed by atoms with Gasteiger partial charge in [0.05, 0.1) is 0 Å². The van der Waals surface area contributed by atoms with Crippen LogP contribution in [0.3, 0.4) is 0 Å². The molecule has 0 heterocycles. The Morgan fingerprint density at radius 1 is 1.31 bits per heavy atom. The van der Waals surface area contributed by atoms with Crippen molar-refractivity contribution in [2.75, 3.05) is 0 Å². The zero-order valence-electron chi connectivity index (χ0n) is 10.2. The fourth-order valence-electron chi connectivity index (χ4n) is 0.866. The summed E-state index contributed by atoms with van der Waals surface area (Å²) in [5, 5.41) is 10.9. The summed E-state index contributed by atoms with van der Waals surface area (Å²) in [5.41, 5.74) is 0.251. The molecule has 5 heteroatoms. The average Bonchev–Trinajstić information content (AvgIpc) is 2.08.